The first-order chi connectivity index (χ1) is 23.2. The summed E-state index contributed by atoms with van der Waals surface area (Å²) in [6, 6.07) is 7.73. The third-order valence-electron chi connectivity index (χ3n) is 11.5. The van der Waals surface area contributed by atoms with Crippen LogP contribution in [0.5, 0.6) is 5.75 Å². The van der Waals surface area contributed by atoms with Crippen molar-refractivity contribution < 1.29 is 9.53 Å². The van der Waals surface area contributed by atoms with Gasteiger partial charge < -0.3 is 4.74 Å². The van der Waals surface area contributed by atoms with Crippen molar-refractivity contribution in [3.05, 3.63) is 42.2 Å². The summed E-state index contributed by atoms with van der Waals surface area (Å²) in [6.45, 7) is 4.58. The van der Waals surface area contributed by atoms with E-state index in [-0.39, 0.29) is 11.9 Å². The Morgan fingerprint density at radius 3 is 1.66 bits per heavy atom. The molecule has 2 aromatic rings. The van der Waals surface area contributed by atoms with Gasteiger partial charge in [0.1, 0.15) is 5.75 Å². The molecule has 0 N–H and O–H groups in total. The van der Waals surface area contributed by atoms with Gasteiger partial charge in [-0.15, -0.1) is 0 Å². The van der Waals surface area contributed by atoms with Crippen LogP contribution < -0.4 is 4.74 Å². The van der Waals surface area contributed by atoms with Crippen molar-refractivity contribution in [2.45, 2.75) is 181 Å². The zero-order valence-electron chi connectivity index (χ0n) is 30.4. The maximum absolute atomic E-state index is 13.0. The Balaban J connectivity index is 1.08. The van der Waals surface area contributed by atoms with Gasteiger partial charge in [0.2, 0.25) is 0 Å². The average molecular weight is 645 g/mol. The summed E-state index contributed by atoms with van der Waals surface area (Å²) in [5, 5.41) is 0. The highest BCUT2D eigenvalue weighted by Gasteiger charge is 2.33. The lowest BCUT2D eigenvalue weighted by molar-refractivity contribution is -0.140. The van der Waals surface area contributed by atoms with Gasteiger partial charge >= 0.3 is 5.97 Å². The van der Waals surface area contributed by atoms with E-state index in [0.29, 0.717) is 5.75 Å². The minimum atomic E-state index is -0.0496. The molecule has 0 unspecified atom stereocenters. The maximum atomic E-state index is 13.0. The number of esters is 1. The van der Waals surface area contributed by atoms with E-state index in [1.165, 1.54) is 153 Å². The smallest absolute Gasteiger partial charge is 0.314 e. The van der Waals surface area contributed by atoms with Crippen LogP contribution in [0, 0.1) is 23.7 Å². The minimum absolute atomic E-state index is 0.0430. The zero-order chi connectivity index (χ0) is 32.9. The quantitative estimate of drug-likeness (QED) is 0.0727. The van der Waals surface area contributed by atoms with Crippen molar-refractivity contribution >= 4 is 5.97 Å². The molecule has 0 saturated heterocycles. The predicted octanol–water partition coefficient (Wildman–Crippen LogP) is 12.9. The van der Waals surface area contributed by atoms with Crippen molar-refractivity contribution in [1.82, 2.24) is 9.97 Å². The number of carbonyl (C=O) groups excluding carboxylic acids is 1. The molecule has 262 valence electrons. The molecule has 2 aliphatic carbocycles. The van der Waals surface area contributed by atoms with E-state index in [9.17, 15) is 4.79 Å². The number of rotatable bonds is 22. The Morgan fingerprint density at radius 1 is 0.617 bits per heavy atom. The van der Waals surface area contributed by atoms with Crippen LogP contribution >= 0.6 is 0 Å². The summed E-state index contributed by atoms with van der Waals surface area (Å²) >= 11 is 0. The molecule has 2 fully saturated rings. The molecular weight excluding hydrogens is 576 g/mol. The Hall–Kier alpha value is -2.23. The number of ether oxygens (including phenoxy) is 1. The summed E-state index contributed by atoms with van der Waals surface area (Å²) in [5.74, 6) is 4.02. The number of aromatic nitrogens is 2. The van der Waals surface area contributed by atoms with Gasteiger partial charge in [-0.05, 0) is 98.9 Å². The number of benzene rings is 1. The van der Waals surface area contributed by atoms with Gasteiger partial charge in [0.15, 0.2) is 5.82 Å². The number of carbonyl (C=O) groups is 1. The molecule has 2 saturated carbocycles. The number of hydrogen-bond acceptors (Lipinski definition) is 4. The van der Waals surface area contributed by atoms with Gasteiger partial charge in [-0.2, -0.15) is 0 Å². The fourth-order valence-corrected chi connectivity index (χ4v) is 8.31. The standard InChI is InChI=1S/C43H68N2O2/c1-3-5-7-9-11-12-13-14-16-18-20-36-33-44-42(45-34-36)39-29-31-41(32-30-39)47-43(46)40-27-25-38(26-28-40)37-23-21-35(22-24-37)19-17-15-10-8-6-4-2/h29-35,37-38,40H,3-28H2,1-2H3. The summed E-state index contributed by atoms with van der Waals surface area (Å²) in [7, 11) is 0. The molecule has 4 nitrogen and oxygen atoms in total. The average Bonchev–Trinajstić information content (AvgIpc) is 3.11. The van der Waals surface area contributed by atoms with Crippen LogP contribution in [0.3, 0.4) is 0 Å². The molecule has 4 rings (SSSR count). The molecule has 47 heavy (non-hydrogen) atoms. The highest BCUT2D eigenvalue weighted by atomic mass is 16.5. The van der Waals surface area contributed by atoms with Crippen LogP contribution in [0.4, 0.5) is 0 Å². The summed E-state index contributed by atoms with van der Waals surface area (Å²) in [6.07, 6.45) is 38.5. The SMILES string of the molecule is CCCCCCCCCCCCc1cnc(-c2ccc(OC(=O)C3CCC(C4CCC(CCCCCCCC)CC4)CC3)cc2)nc1. The minimum Gasteiger partial charge on any atom is -0.426 e. The molecule has 0 radical (unpaired) electrons. The maximum Gasteiger partial charge on any atom is 0.314 e. The van der Waals surface area contributed by atoms with E-state index in [1.807, 2.05) is 36.7 Å². The van der Waals surface area contributed by atoms with E-state index < -0.39 is 0 Å². The van der Waals surface area contributed by atoms with Crippen molar-refractivity contribution in [2.75, 3.05) is 0 Å². The molecule has 0 atom stereocenters. The van der Waals surface area contributed by atoms with Crippen molar-refractivity contribution in [3.63, 3.8) is 0 Å². The van der Waals surface area contributed by atoms with Crippen LogP contribution in [-0.4, -0.2) is 15.9 Å². The van der Waals surface area contributed by atoms with Crippen LogP contribution in [0.1, 0.15) is 180 Å². The second kappa shape index (κ2) is 22.4. The highest BCUT2D eigenvalue weighted by Crippen LogP contribution is 2.42. The monoisotopic (exact) mass is 645 g/mol. The topological polar surface area (TPSA) is 52.1 Å². The van der Waals surface area contributed by atoms with Gasteiger partial charge in [-0.3, -0.25) is 4.79 Å². The van der Waals surface area contributed by atoms with Crippen LogP contribution in [0.2, 0.25) is 0 Å². The van der Waals surface area contributed by atoms with E-state index in [1.54, 1.807) is 0 Å². The molecule has 4 heteroatoms. The normalized spacial score (nSPS) is 21.5. The number of nitrogens with zero attached hydrogens (tertiary/aromatic N) is 2. The lowest BCUT2D eigenvalue weighted by atomic mass is 9.68. The number of hydrogen-bond donors (Lipinski definition) is 0. The number of unbranched alkanes of at least 4 members (excludes halogenated alkanes) is 14. The Labute approximate surface area is 288 Å². The third kappa shape index (κ3) is 14.0. The number of aryl methyl sites for hydroxylation is 1. The van der Waals surface area contributed by atoms with Crippen molar-refractivity contribution in [1.29, 1.82) is 0 Å². The van der Waals surface area contributed by atoms with Gasteiger partial charge in [-0.1, -0.05) is 129 Å². The van der Waals surface area contributed by atoms with E-state index in [4.69, 9.17) is 4.74 Å². The Morgan fingerprint density at radius 2 is 1.11 bits per heavy atom. The highest BCUT2D eigenvalue weighted by molar-refractivity contribution is 5.75. The predicted molar refractivity (Wildman–Crippen MR) is 198 cm³/mol. The molecule has 0 aliphatic heterocycles. The lowest BCUT2D eigenvalue weighted by Crippen LogP contribution is -2.30. The van der Waals surface area contributed by atoms with Crippen molar-refractivity contribution in [2.24, 2.45) is 23.7 Å². The Kier molecular flexibility index (Phi) is 17.9. The first-order valence-corrected chi connectivity index (χ1v) is 20.3. The van der Waals surface area contributed by atoms with E-state index in [0.717, 1.165) is 48.4 Å². The molecule has 0 bridgehead atoms. The second-order valence-corrected chi connectivity index (χ2v) is 15.2. The molecule has 0 amide bonds. The molecule has 1 aromatic carbocycles. The first-order valence-electron chi connectivity index (χ1n) is 20.3. The molecule has 2 aliphatic rings. The molecule has 1 heterocycles. The van der Waals surface area contributed by atoms with Crippen LogP contribution in [0.15, 0.2) is 36.7 Å². The van der Waals surface area contributed by atoms with Crippen LogP contribution in [0.25, 0.3) is 11.4 Å². The fourth-order valence-electron chi connectivity index (χ4n) is 8.31. The van der Waals surface area contributed by atoms with E-state index >= 15 is 0 Å². The molecule has 0 spiro atoms. The van der Waals surface area contributed by atoms with Crippen LogP contribution in [-0.2, 0) is 11.2 Å². The molecule has 1 aromatic heterocycles. The van der Waals surface area contributed by atoms with Gasteiger partial charge in [0.05, 0.1) is 5.92 Å². The third-order valence-corrected chi connectivity index (χ3v) is 11.5. The zero-order valence-corrected chi connectivity index (χ0v) is 30.4. The van der Waals surface area contributed by atoms with Crippen molar-refractivity contribution in [3.8, 4) is 17.1 Å². The largest absolute Gasteiger partial charge is 0.426 e. The second-order valence-electron chi connectivity index (χ2n) is 15.2. The first kappa shape index (κ1) is 37.6. The fraction of sp³-hybridized carbons (Fsp3) is 0.744. The lowest BCUT2D eigenvalue weighted by Gasteiger charge is -2.37. The Bertz CT molecular complexity index is 1080. The summed E-state index contributed by atoms with van der Waals surface area (Å²) < 4.78 is 5.85. The van der Waals surface area contributed by atoms with Gasteiger partial charge in [-0.25, -0.2) is 9.97 Å². The summed E-state index contributed by atoms with van der Waals surface area (Å²) in [5.41, 5.74) is 2.17. The van der Waals surface area contributed by atoms with E-state index in [2.05, 4.69) is 23.8 Å². The molecular formula is C43H68N2O2. The van der Waals surface area contributed by atoms with Gasteiger partial charge in [0.25, 0.3) is 0 Å². The summed E-state index contributed by atoms with van der Waals surface area (Å²) in [4.78, 5) is 22.3. The van der Waals surface area contributed by atoms with Gasteiger partial charge in [0, 0.05) is 18.0 Å².